The zero-order valence-electron chi connectivity index (χ0n) is 19.7. The largest absolute Gasteiger partial charge is 0.419 e. The van der Waals surface area contributed by atoms with E-state index >= 15 is 0 Å². The number of hydrogen-bond acceptors (Lipinski definition) is 5. The van der Waals surface area contributed by atoms with Gasteiger partial charge in [0.25, 0.3) is 0 Å². The van der Waals surface area contributed by atoms with E-state index in [-0.39, 0.29) is 6.67 Å². The first-order valence-electron chi connectivity index (χ1n) is 12.7. The van der Waals surface area contributed by atoms with Crippen molar-refractivity contribution >= 4 is 5.82 Å². The number of alkyl halides is 4. The first-order chi connectivity index (χ1) is 16.8. The van der Waals surface area contributed by atoms with Crippen LogP contribution in [0.4, 0.5) is 23.4 Å². The number of aromatic nitrogens is 3. The van der Waals surface area contributed by atoms with E-state index in [0.29, 0.717) is 47.6 Å². The van der Waals surface area contributed by atoms with E-state index in [1.54, 1.807) is 0 Å². The minimum absolute atomic E-state index is 0.282. The van der Waals surface area contributed by atoms with Gasteiger partial charge in [-0.1, -0.05) is 0 Å². The summed E-state index contributed by atoms with van der Waals surface area (Å²) >= 11 is 0. The van der Waals surface area contributed by atoms with E-state index < -0.39 is 17.6 Å². The van der Waals surface area contributed by atoms with Crippen LogP contribution in [-0.4, -0.2) is 69.8 Å². The van der Waals surface area contributed by atoms with Crippen LogP contribution in [-0.2, 0) is 12.6 Å². The highest BCUT2D eigenvalue weighted by Gasteiger charge is 2.58. The van der Waals surface area contributed by atoms with Crippen LogP contribution < -0.4 is 5.73 Å². The Kier molecular flexibility index (Phi) is 5.79. The number of nitrogens with zero attached hydrogens (tertiary/aromatic N) is 5. The molecule has 0 radical (unpaired) electrons. The quantitative estimate of drug-likeness (QED) is 0.592. The molecule has 4 aliphatic rings. The summed E-state index contributed by atoms with van der Waals surface area (Å²) in [6.45, 7) is 4.13. The van der Waals surface area contributed by atoms with E-state index in [4.69, 9.17) is 10.7 Å². The topological polar surface area (TPSA) is 63.2 Å². The highest BCUT2D eigenvalue weighted by molar-refractivity contribution is 5.62. The van der Waals surface area contributed by atoms with E-state index in [1.165, 1.54) is 19.0 Å². The molecule has 4 fully saturated rings. The molecule has 1 unspecified atom stereocenters. The molecule has 2 aromatic rings. The number of piperazine rings is 1. The number of nitrogens with two attached hydrogens (primary N) is 1. The predicted octanol–water partition coefficient (Wildman–Crippen LogP) is 4.04. The van der Waals surface area contributed by atoms with Crippen molar-refractivity contribution in [3.05, 3.63) is 29.8 Å². The Bertz CT molecular complexity index is 1060. The number of pyridine rings is 1. The summed E-state index contributed by atoms with van der Waals surface area (Å²) in [6.07, 6.45) is 4.35. The Hall–Kier alpha value is -2.20. The van der Waals surface area contributed by atoms with E-state index in [9.17, 15) is 17.6 Å². The molecule has 6 rings (SSSR count). The standard InChI is InChI=1S/C25H32F4N6/c26-3-4-33-5-7-34(8-6-33)17-11-18-19(12-17)23(18)35-14-21(32-22(35)9-15-1-2-15)16-10-20(25(27,28)29)24(30)31-13-16/h10,13-15,17-19,23H,1-9,11-12H2,(H2,30,31)/t17?,18-,19+,23+. The molecule has 2 aromatic heterocycles. The number of rotatable bonds is 7. The second-order valence-electron chi connectivity index (χ2n) is 10.8. The van der Waals surface area contributed by atoms with Crippen LogP contribution in [0.25, 0.3) is 11.3 Å². The van der Waals surface area contributed by atoms with Crippen molar-refractivity contribution in [3.63, 3.8) is 0 Å². The lowest BCUT2D eigenvalue weighted by molar-refractivity contribution is -0.137. The van der Waals surface area contributed by atoms with Crippen LogP contribution in [0.15, 0.2) is 18.5 Å². The second-order valence-corrected chi connectivity index (χ2v) is 10.8. The van der Waals surface area contributed by atoms with Crippen LogP contribution in [0.3, 0.4) is 0 Å². The molecular weight excluding hydrogens is 460 g/mol. The average molecular weight is 493 g/mol. The van der Waals surface area contributed by atoms with Crippen LogP contribution >= 0.6 is 0 Å². The van der Waals surface area contributed by atoms with Crippen LogP contribution in [0.5, 0.6) is 0 Å². The van der Waals surface area contributed by atoms with Crippen molar-refractivity contribution in [1.82, 2.24) is 24.3 Å². The lowest BCUT2D eigenvalue weighted by Crippen LogP contribution is -2.50. The van der Waals surface area contributed by atoms with Gasteiger partial charge in [-0.2, -0.15) is 13.2 Å². The summed E-state index contributed by atoms with van der Waals surface area (Å²) < 4.78 is 55.0. The highest BCUT2D eigenvalue weighted by Crippen LogP contribution is 2.62. The van der Waals surface area contributed by atoms with Gasteiger partial charge >= 0.3 is 6.18 Å². The van der Waals surface area contributed by atoms with Crippen molar-refractivity contribution in [2.24, 2.45) is 17.8 Å². The maximum atomic E-state index is 13.4. The molecule has 3 aliphatic carbocycles. The van der Waals surface area contributed by atoms with Gasteiger partial charge < -0.3 is 10.3 Å². The molecular formula is C25H32F4N6. The summed E-state index contributed by atoms with van der Waals surface area (Å²) in [5.41, 5.74) is 5.49. The zero-order chi connectivity index (χ0) is 24.3. The maximum absolute atomic E-state index is 13.4. The first-order valence-corrected chi connectivity index (χ1v) is 12.7. The predicted molar refractivity (Wildman–Crippen MR) is 124 cm³/mol. The molecule has 0 spiro atoms. The van der Waals surface area contributed by atoms with Gasteiger partial charge in [0.05, 0.1) is 11.3 Å². The first kappa shape index (κ1) is 23.2. The number of hydrogen-bond donors (Lipinski definition) is 1. The lowest BCUT2D eigenvalue weighted by Gasteiger charge is -2.38. The molecule has 4 atom stereocenters. The lowest BCUT2D eigenvalue weighted by atomic mass is 10.1. The fourth-order valence-corrected chi connectivity index (χ4v) is 6.36. The van der Waals surface area contributed by atoms with E-state index in [0.717, 1.165) is 57.3 Å². The van der Waals surface area contributed by atoms with Gasteiger partial charge in [-0.25, -0.2) is 14.4 Å². The SMILES string of the molecule is Nc1ncc(-c2cn([C@H]3[C@@H]4CC(N5CCN(CCF)CC5)C[C@@H]43)c(CC3CC3)n2)cc1C(F)(F)F. The summed E-state index contributed by atoms with van der Waals surface area (Å²) in [5.74, 6) is 2.31. The summed E-state index contributed by atoms with van der Waals surface area (Å²) in [4.78, 5) is 13.4. The van der Waals surface area contributed by atoms with Gasteiger partial charge in [0.1, 0.15) is 18.3 Å². The smallest absolute Gasteiger partial charge is 0.383 e. The normalized spacial score (nSPS) is 29.5. The Morgan fingerprint density at radius 3 is 2.40 bits per heavy atom. The van der Waals surface area contributed by atoms with Crippen molar-refractivity contribution in [3.8, 4) is 11.3 Å². The number of fused-ring (bicyclic) bond motifs is 1. The second kappa shape index (κ2) is 8.73. The van der Waals surface area contributed by atoms with Crippen molar-refractivity contribution in [2.75, 3.05) is 45.1 Å². The number of halogens is 4. The third kappa shape index (κ3) is 4.55. The van der Waals surface area contributed by atoms with Gasteiger partial charge in [0, 0.05) is 69.2 Å². The van der Waals surface area contributed by atoms with Gasteiger partial charge in [0.15, 0.2) is 0 Å². The molecule has 190 valence electrons. The van der Waals surface area contributed by atoms with Crippen LogP contribution in [0.1, 0.15) is 43.1 Å². The van der Waals surface area contributed by atoms with Crippen molar-refractivity contribution in [2.45, 2.75) is 50.4 Å². The zero-order valence-corrected chi connectivity index (χ0v) is 19.7. The summed E-state index contributed by atoms with van der Waals surface area (Å²) in [7, 11) is 0. The number of anilines is 1. The van der Waals surface area contributed by atoms with Crippen LogP contribution in [0, 0.1) is 17.8 Å². The third-order valence-corrected chi connectivity index (χ3v) is 8.52. The minimum Gasteiger partial charge on any atom is -0.383 e. The Balaban J connectivity index is 1.18. The molecule has 0 amide bonds. The summed E-state index contributed by atoms with van der Waals surface area (Å²) in [6, 6.07) is 2.04. The number of nitrogen functional groups attached to an aromatic ring is 1. The van der Waals surface area contributed by atoms with Gasteiger partial charge in [0.2, 0.25) is 0 Å². The Labute approximate surface area is 202 Å². The van der Waals surface area contributed by atoms with Crippen LogP contribution in [0.2, 0.25) is 0 Å². The number of imidazole rings is 1. The fourth-order valence-electron chi connectivity index (χ4n) is 6.36. The molecule has 1 aliphatic heterocycles. The molecule has 3 saturated carbocycles. The molecule has 0 bridgehead atoms. The summed E-state index contributed by atoms with van der Waals surface area (Å²) in [5, 5.41) is 0. The highest BCUT2D eigenvalue weighted by atomic mass is 19.4. The van der Waals surface area contributed by atoms with Crippen molar-refractivity contribution in [1.29, 1.82) is 0 Å². The molecule has 35 heavy (non-hydrogen) atoms. The minimum atomic E-state index is -4.55. The van der Waals surface area contributed by atoms with Gasteiger partial charge in [-0.15, -0.1) is 0 Å². The fraction of sp³-hybridized carbons (Fsp3) is 0.680. The van der Waals surface area contributed by atoms with Crippen molar-refractivity contribution < 1.29 is 17.6 Å². The maximum Gasteiger partial charge on any atom is 0.419 e. The van der Waals surface area contributed by atoms with Gasteiger partial charge in [-0.05, 0) is 49.5 Å². The average Bonchev–Trinajstić information content (AvgIpc) is 3.67. The van der Waals surface area contributed by atoms with Gasteiger partial charge in [-0.3, -0.25) is 9.80 Å². The molecule has 1 saturated heterocycles. The molecule has 2 N–H and O–H groups in total. The molecule has 0 aromatic carbocycles. The molecule has 6 nitrogen and oxygen atoms in total. The Morgan fingerprint density at radius 1 is 1.06 bits per heavy atom. The van der Waals surface area contributed by atoms with E-state index in [2.05, 4.69) is 19.4 Å². The molecule has 3 heterocycles. The third-order valence-electron chi connectivity index (χ3n) is 8.52. The monoisotopic (exact) mass is 492 g/mol. The Morgan fingerprint density at radius 2 is 1.77 bits per heavy atom. The van der Waals surface area contributed by atoms with E-state index in [1.807, 2.05) is 6.20 Å². The molecule has 10 heteroatoms.